The van der Waals surface area contributed by atoms with Gasteiger partial charge in [0.1, 0.15) is 18.3 Å². The van der Waals surface area contributed by atoms with Crippen molar-refractivity contribution in [2.24, 2.45) is 0 Å². The predicted molar refractivity (Wildman–Crippen MR) is 165 cm³/mol. The molecule has 1 atom stereocenters. The number of hydrogen-bond acceptors (Lipinski definition) is 5. The van der Waals surface area contributed by atoms with Gasteiger partial charge < -0.3 is 15.0 Å². The second-order valence-corrected chi connectivity index (χ2v) is 12.8. The fourth-order valence-electron chi connectivity index (χ4n) is 5.05. The number of para-hydroxylation sites is 2. The zero-order valence-corrected chi connectivity index (χ0v) is 25.8. The highest BCUT2D eigenvalue weighted by atomic mass is 35.5. The molecule has 1 fully saturated rings. The number of carbonyl (C=O) groups excluding carboxylic acids is 2. The highest BCUT2D eigenvalue weighted by Gasteiger charge is 2.34. The molecule has 3 aromatic carbocycles. The molecule has 1 aliphatic rings. The normalized spacial score (nSPS) is 14.3. The van der Waals surface area contributed by atoms with Crippen molar-refractivity contribution in [1.29, 1.82) is 0 Å². The molecule has 0 spiro atoms. The minimum absolute atomic E-state index is 0.0249. The summed E-state index contributed by atoms with van der Waals surface area (Å²) >= 11 is 6.04. The van der Waals surface area contributed by atoms with Gasteiger partial charge in [-0.05, 0) is 75.6 Å². The van der Waals surface area contributed by atoms with Gasteiger partial charge >= 0.3 is 0 Å². The maximum Gasteiger partial charge on any atom is 0.264 e. The topological polar surface area (TPSA) is 96.0 Å². The molecule has 0 aliphatic heterocycles. The Morgan fingerprint density at radius 2 is 1.64 bits per heavy atom. The zero-order valence-electron chi connectivity index (χ0n) is 24.3. The van der Waals surface area contributed by atoms with Crippen molar-refractivity contribution in [3.8, 4) is 5.75 Å². The average molecular weight is 612 g/mol. The van der Waals surface area contributed by atoms with E-state index in [0.717, 1.165) is 41.1 Å². The van der Waals surface area contributed by atoms with Gasteiger partial charge in [-0.25, -0.2) is 8.42 Å². The first kappa shape index (κ1) is 31.4. The summed E-state index contributed by atoms with van der Waals surface area (Å²) < 4.78 is 34.9. The number of nitrogens with one attached hydrogen (secondary N) is 1. The van der Waals surface area contributed by atoms with E-state index >= 15 is 0 Å². The van der Waals surface area contributed by atoms with E-state index in [-0.39, 0.29) is 29.1 Å². The van der Waals surface area contributed by atoms with Gasteiger partial charge in [0.05, 0.1) is 17.2 Å². The Bertz CT molecular complexity index is 1470. The molecule has 224 valence electrons. The molecule has 42 heavy (non-hydrogen) atoms. The summed E-state index contributed by atoms with van der Waals surface area (Å²) in [4.78, 5) is 28.9. The van der Waals surface area contributed by atoms with Crippen molar-refractivity contribution < 1.29 is 22.7 Å². The Hall–Kier alpha value is -3.56. The highest BCUT2D eigenvalue weighted by molar-refractivity contribution is 7.92. The second-order valence-electron chi connectivity index (χ2n) is 10.5. The number of halogens is 1. The lowest BCUT2D eigenvalue weighted by Crippen LogP contribution is -2.52. The summed E-state index contributed by atoms with van der Waals surface area (Å²) in [7, 11) is -4.24. The fourth-order valence-corrected chi connectivity index (χ4v) is 6.60. The lowest BCUT2D eigenvalue weighted by Gasteiger charge is -2.33. The van der Waals surface area contributed by atoms with Gasteiger partial charge in [-0.3, -0.25) is 13.9 Å². The molecule has 0 radical (unpaired) electrons. The van der Waals surface area contributed by atoms with Crippen molar-refractivity contribution >= 4 is 39.1 Å². The van der Waals surface area contributed by atoms with Crippen molar-refractivity contribution in [3.05, 3.63) is 88.9 Å². The maximum atomic E-state index is 14.2. The Labute approximate surface area is 253 Å². The lowest BCUT2D eigenvalue weighted by molar-refractivity contribution is -0.139. The number of nitrogens with zero attached hydrogens (tertiary/aromatic N) is 2. The maximum absolute atomic E-state index is 14.2. The van der Waals surface area contributed by atoms with Crippen LogP contribution in [0, 0.1) is 6.92 Å². The molecule has 4 rings (SSSR count). The minimum Gasteiger partial charge on any atom is -0.492 e. The molecular formula is C32H38ClN3O5S. The Morgan fingerprint density at radius 3 is 2.29 bits per heavy atom. The van der Waals surface area contributed by atoms with Crippen LogP contribution in [0.25, 0.3) is 0 Å². The van der Waals surface area contributed by atoms with E-state index in [2.05, 4.69) is 5.32 Å². The smallest absolute Gasteiger partial charge is 0.264 e. The third kappa shape index (κ3) is 7.63. The van der Waals surface area contributed by atoms with Crippen LogP contribution in [-0.4, -0.2) is 50.4 Å². The van der Waals surface area contributed by atoms with Crippen LogP contribution in [0.5, 0.6) is 5.75 Å². The molecule has 1 aliphatic carbocycles. The Balaban J connectivity index is 1.72. The van der Waals surface area contributed by atoms with Crippen LogP contribution in [0.4, 0.5) is 5.69 Å². The van der Waals surface area contributed by atoms with Crippen LogP contribution in [0.2, 0.25) is 5.02 Å². The molecule has 1 N–H and O–H groups in total. The van der Waals surface area contributed by atoms with E-state index in [0.29, 0.717) is 17.4 Å². The summed E-state index contributed by atoms with van der Waals surface area (Å²) in [6.07, 6.45) is 3.93. The number of rotatable bonds is 12. The number of anilines is 1. The van der Waals surface area contributed by atoms with Crippen LogP contribution >= 0.6 is 11.6 Å². The quantitative estimate of drug-likeness (QED) is 0.283. The molecule has 0 heterocycles. The minimum atomic E-state index is -4.24. The van der Waals surface area contributed by atoms with Crippen LogP contribution in [0.15, 0.2) is 77.7 Å². The van der Waals surface area contributed by atoms with Gasteiger partial charge in [-0.1, -0.05) is 66.4 Å². The lowest BCUT2D eigenvalue weighted by atomic mass is 10.1. The molecule has 8 nitrogen and oxygen atoms in total. The van der Waals surface area contributed by atoms with Gasteiger partial charge in [0.15, 0.2) is 0 Å². The Kier molecular flexibility index (Phi) is 10.5. The number of sulfonamides is 1. The second kappa shape index (κ2) is 14.1. The molecule has 3 aromatic rings. The van der Waals surface area contributed by atoms with Crippen molar-refractivity contribution in [3.63, 3.8) is 0 Å². The number of hydrogen-bond donors (Lipinski definition) is 1. The molecule has 1 saturated carbocycles. The number of ether oxygens (including phenoxy) is 1. The van der Waals surface area contributed by atoms with Crippen LogP contribution in [-0.2, 0) is 26.2 Å². The van der Waals surface area contributed by atoms with Crippen molar-refractivity contribution in [2.45, 2.75) is 70.0 Å². The summed E-state index contributed by atoms with van der Waals surface area (Å²) in [6, 6.07) is 19.4. The zero-order chi connectivity index (χ0) is 30.3. The van der Waals surface area contributed by atoms with Crippen LogP contribution < -0.4 is 14.4 Å². The van der Waals surface area contributed by atoms with E-state index in [1.807, 2.05) is 31.2 Å². The first-order valence-corrected chi connectivity index (χ1v) is 16.1. The fraction of sp³-hybridized carbons (Fsp3) is 0.375. The third-order valence-corrected chi connectivity index (χ3v) is 9.48. The first-order valence-electron chi connectivity index (χ1n) is 14.3. The molecule has 0 aromatic heterocycles. The van der Waals surface area contributed by atoms with Gasteiger partial charge in [0.25, 0.3) is 10.0 Å². The first-order chi connectivity index (χ1) is 20.1. The molecular weight excluding hydrogens is 574 g/mol. The monoisotopic (exact) mass is 611 g/mol. The largest absolute Gasteiger partial charge is 0.492 e. The summed E-state index contributed by atoms with van der Waals surface area (Å²) in [5, 5.41) is 3.47. The molecule has 0 bridgehead atoms. The number of amides is 2. The van der Waals surface area contributed by atoms with E-state index in [9.17, 15) is 18.0 Å². The molecule has 10 heteroatoms. The van der Waals surface area contributed by atoms with Gasteiger partial charge in [0.2, 0.25) is 11.8 Å². The van der Waals surface area contributed by atoms with Crippen molar-refractivity contribution in [1.82, 2.24) is 10.2 Å². The van der Waals surface area contributed by atoms with Gasteiger partial charge in [-0.15, -0.1) is 0 Å². The van der Waals surface area contributed by atoms with E-state index in [4.69, 9.17) is 16.3 Å². The average Bonchev–Trinajstić information content (AvgIpc) is 3.49. The molecule has 0 unspecified atom stereocenters. The number of carbonyl (C=O) groups is 2. The number of benzene rings is 3. The third-order valence-electron chi connectivity index (χ3n) is 7.46. The van der Waals surface area contributed by atoms with Crippen LogP contribution in [0.3, 0.4) is 0 Å². The molecule has 0 saturated heterocycles. The van der Waals surface area contributed by atoms with E-state index < -0.39 is 28.5 Å². The highest BCUT2D eigenvalue weighted by Crippen LogP contribution is 2.33. The van der Waals surface area contributed by atoms with Gasteiger partial charge in [0, 0.05) is 17.6 Å². The van der Waals surface area contributed by atoms with Gasteiger partial charge in [-0.2, -0.15) is 0 Å². The Morgan fingerprint density at radius 1 is 1.00 bits per heavy atom. The van der Waals surface area contributed by atoms with E-state index in [1.54, 1.807) is 38.1 Å². The van der Waals surface area contributed by atoms with Crippen LogP contribution in [0.1, 0.15) is 50.7 Å². The summed E-state index contributed by atoms with van der Waals surface area (Å²) in [5.74, 6) is -0.458. The standard InChI is InChI=1S/C32H38ClN3O5S/c1-4-41-30-12-8-7-11-29(30)36(42(39,40)28-19-17-26(33)18-20-28)22-31(37)35(21-25-15-13-23(2)14-16-25)24(3)32(38)34-27-9-5-6-10-27/h7-8,11-20,24,27H,4-6,9-10,21-22H2,1-3H3,(H,34,38)/t24-/m0/s1. The number of aryl methyl sites for hydroxylation is 1. The van der Waals surface area contributed by atoms with Crippen molar-refractivity contribution in [2.75, 3.05) is 17.5 Å². The SMILES string of the molecule is CCOc1ccccc1N(CC(=O)N(Cc1ccc(C)cc1)[C@@H](C)C(=O)NC1CCCC1)S(=O)(=O)c1ccc(Cl)cc1. The molecule has 2 amide bonds. The summed E-state index contributed by atoms with van der Waals surface area (Å²) in [6.45, 7) is 5.36. The van der Waals surface area contributed by atoms with E-state index in [1.165, 1.54) is 29.2 Å². The summed E-state index contributed by atoms with van der Waals surface area (Å²) in [5.41, 5.74) is 2.12. The predicted octanol–water partition coefficient (Wildman–Crippen LogP) is 5.72.